The van der Waals surface area contributed by atoms with Gasteiger partial charge in [0.05, 0.1) is 12.6 Å². The molecule has 1 aromatic rings. The number of nitrogens with zero attached hydrogens (tertiary/aromatic N) is 1. The van der Waals surface area contributed by atoms with Gasteiger partial charge in [0.1, 0.15) is 0 Å². The first-order chi connectivity index (χ1) is 8.08. The monoisotopic (exact) mass is 238 g/mol. The molecule has 7 heteroatoms. The molecule has 0 saturated heterocycles. The summed E-state index contributed by atoms with van der Waals surface area (Å²) >= 11 is 0. The Hall–Kier alpha value is -2.31. The minimum absolute atomic E-state index is 0.0647. The van der Waals surface area contributed by atoms with Crippen molar-refractivity contribution in [3.8, 4) is 0 Å². The standard InChI is InChI=1S/C10H14N4O3/c1-8(7-11-14(16)17)12-10(15)13-9-5-3-2-4-6-9/h2-6,8,11H,7H2,1H3,(H2,12,13,15). The lowest BCUT2D eigenvalue weighted by Gasteiger charge is -2.12. The maximum absolute atomic E-state index is 11.4. The summed E-state index contributed by atoms with van der Waals surface area (Å²) in [5.41, 5.74) is 2.66. The lowest BCUT2D eigenvalue weighted by molar-refractivity contribution is -0.544. The van der Waals surface area contributed by atoms with Gasteiger partial charge in [-0.3, -0.25) is 0 Å². The highest BCUT2D eigenvalue weighted by Gasteiger charge is 2.08. The summed E-state index contributed by atoms with van der Waals surface area (Å²) in [5, 5.41) is 14.6. The molecule has 17 heavy (non-hydrogen) atoms. The molecule has 0 aliphatic rings. The number of carbonyl (C=O) groups is 1. The molecule has 0 aliphatic carbocycles. The van der Waals surface area contributed by atoms with E-state index in [1.807, 2.05) is 11.5 Å². The Morgan fingerprint density at radius 3 is 2.65 bits per heavy atom. The molecule has 0 aromatic heterocycles. The lowest BCUT2D eigenvalue weighted by Crippen LogP contribution is -2.43. The second-order valence-electron chi connectivity index (χ2n) is 3.48. The highest BCUT2D eigenvalue weighted by atomic mass is 16.7. The van der Waals surface area contributed by atoms with E-state index in [1.165, 1.54) is 0 Å². The average Bonchev–Trinajstić information content (AvgIpc) is 2.27. The van der Waals surface area contributed by atoms with E-state index in [0.29, 0.717) is 5.69 Å². The van der Waals surface area contributed by atoms with E-state index < -0.39 is 11.1 Å². The molecule has 1 atom stereocenters. The van der Waals surface area contributed by atoms with Crippen LogP contribution in [0.3, 0.4) is 0 Å². The summed E-state index contributed by atoms with van der Waals surface area (Å²) in [6.45, 7) is 1.73. The number of carbonyl (C=O) groups excluding carboxylic acids is 1. The van der Waals surface area contributed by atoms with Gasteiger partial charge in [-0.05, 0) is 19.1 Å². The van der Waals surface area contributed by atoms with E-state index >= 15 is 0 Å². The van der Waals surface area contributed by atoms with Gasteiger partial charge in [0.15, 0.2) is 5.03 Å². The normalized spacial score (nSPS) is 11.4. The van der Waals surface area contributed by atoms with Gasteiger partial charge in [-0.15, -0.1) is 5.43 Å². The van der Waals surface area contributed by atoms with Crippen LogP contribution in [0.4, 0.5) is 10.5 Å². The van der Waals surface area contributed by atoms with E-state index in [-0.39, 0.29) is 12.6 Å². The molecule has 0 fully saturated rings. The molecule has 1 unspecified atom stereocenters. The molecule has 1 rings (SSSR count). The quantitative estimate of drug-likeness (QED) is 0.526. The molecule has 7 nitrogen and oxygen atoms in total. The summed E-state index contributed by atoms with van der Waals surface area (Å²) in [6, 6.07) is 8.20. The molecule has 3 N–H and O–H groups in total. The van der Waals surface area contributed by atoms with E-state index in [9.17, 15) is 14.9 Å². The second-order valence-corrected chi connectivity index (χ2v) is 3.48. The Bertz CT molecular complexity index is 382. The number of hydrogen-bond acceptors (Lipinski definition) is 3. The number of hydrazine groups is 1. The van der Waals surface area contributed by atoms with Crippen molar-refractivity contribution < 1.29 is 9.83 Å². The van der Waals surface area contributed by atoms with Crippen LogP contribution < -0.4 is 16.1 Å². The number of amides is 2. The zero-order valence-corrected chi connectivity index (χ0v) is 9.34. The van der Waals surface area contributed by atoms with Crippen LogP contribution in [0.2, 0.25) is 0 Å². The number of para-hydroxylation sites is 1. The zero-order chi connectivity index (χ0) is 12.7. The lowest BCUT2D eigenvalue weighted by atomic mass is 10.3. The fourth-order valence-electron chi connectivity index (χ4n) is 1.17. The van der Waals surface area contributed by atoms with Gasteiger partial charge in [0.25, 0.3) is 0 Å². The molecular formula is C10H14N4O3. The number of hydrogen-bond donors (Lipinski definition) is 3. The Morgan fingerprint density at radius 1 is 1.41 bits per heavy atom. The Kier molecular flexibility index (Phi) is 4.74. The molecule has 0 aliphatic heterocycles. The van der Waals surface area contributed by atoms with E-state index in [4.69, 9.17) is 0 Å². The van der Waals surface area contributed by atoms with Crippen LogP contribution in [0.15, 0.2) is 30.3 Å². The van der Waals surface area contributed by atoms with Crippen molar-refractivity contribution in [3.05, 3.63) is 40.4 Å². The first-order valence-electron chi connectivity index (χ1n) is 5.08. The van der Waals surface area contributed by atoms with Gasteiger partial charge in [-0.2, -0.15) is 0 Å². The van der Waals surface area contributed by atoms with Gasteiger partial charge in [0.2, 0.25) is 0 Å². The molecule has 1 aromatic carbocycles. The van der Waals surface area contributed by atoms with Gasteiger partial charge in [-0.25, -0.2) is 14.9 Å². The third-order valence-corrected chi connectivity index (χ3v) is 1.94. The van der Waals surface area contributed by atoms with Crippen LogP contribution in [0.1, 0.15) is 6.92 Å². The van der Waals surface area contributed by atoms with Crippen molar-refractivity contribution in [1.82, 2.24) is 10.7 Å². The fourth-order valence-corrected chi connectivity index (χ4v) is 1.17. The Morgan fingerprint density at radius 2 is 2.06 bits per heavy atom. The van der Waals surface area contributed by atoms with Crippen LogP contribution in [-0.2, 0) is 0 Å². The highest BCUT2D eigenvalue weighted by molar-refractivity contribution is 5.89. The maximum atomic E-state index is 11.4. The summed E-state index contributed by atoms with van der Waals surface area (Å²) in [6.07, 6.45) is 0. The van der Waals surface area contributed by atoms with Crippen LogP contribution in [0, 0.1) is 10.1 Å². The van der Waals surface area contributed by atoms with Crippen LogP contribution in [0.5, 0.6) is 0 Å². The van der Waals surface area contributed by atoms with Crippen molar-refractivity contribution in [1.29, 1.82) is 0 Å². The van der Waals surface area contributed by atoms with E-state index in [0.717, 1.165) is 0 Å². The van der Waals surface area contributed by atoms with Crippen LogP contribution in [-0.4, -0.2) is 23.7 Å². The summed E-state index contributed by atoms with van der Waals surface area (Å²) in [4.78, 5) is 21.5. The first kappa shape index (κ1) is 12.8. The minimum atomic E-state index is -0.646. The summed E-state index contributed by atoms with van der Waals surface area (Å²) < 4.78 is 0. The third-order valence-electron chi connectivity index (χ3n) is 1.94. The summed E-state index contributed by atoms with van der Waals surface area (Å²) in [5.74, 6) is 0. The Balaban J connectivity index is 2.32. The number of nitrogens with one attached hydrogen (secondary N) is 3. The van der Waals surface area contributed by atoms with Crippen molar-refractivity contribution in [2.24, 2.45) is 0 Å². The van der Waals surface area contributed by atoms with E-state index in [1.54, 1.807) is 31.2 Å². The molecule has 0 radical (unpaired) electrons. The van der Waals surface area contributed by atoms with Crippen LogP contribution in [0.25, 0.3) is 0 Å². The summed E-state index contributed by atoms with van der Waals surface area (Å²) in [7, 11) is 0. The predicted octanol–water partition coefficient (Wildman–Crippen LogP) is 0.978. The average molecular weight is 238 g/mol. The first-order valence-corrected chi connectivity index (χ1v) is 5.08. The molecule has 0 spiro atoms. The van der Waals surface area contributed by atoms with Gasteiger partial charge in [0, 0.05) is 5.69 Å². The molecule has 92 valence electrons. The number of nitro groups is 1. The van der Waals surface area contributed by atoms with Gasteiger partial charge in [-0.1, -0.05) is 18.2 Å². The van der Waals surface area contributed by atoms with Gasteiger partial charge < -0.3 is 10.6 Å². The third kappa shape index (κ3) is 5.36. The minimum Gasteiger partial charge on any atom is -0.333 e. The number of benzene rings is 1. The van der Waals surface area contributed by atoms with Crippen LogP contribution >= 0.6 is 0 Å². The molecule has 0 saturated carbocycles. The van der Waals surface area contributed by atoms with Gasteiger partial charge >= 0.3 is 6.03 Å². The van der Waals surface area contributed by atoms with E-state index in [2.05, 4.69) is 10.6 Å². The molecule has 0 bridgehead atoms. The molecular weight excluding hydrogens is 224 g/mol. The maximum Gasteiger partial charge on any atom is 0.319 e. The number of urea groups is 1. The number of rotatable bonds is 5. The number of anilines is 1. The van der Waals surface area contributed by atoms with Crippen molar-refractivity contribution in [3.63, 3.8) is 0 Å². The molecule has 2 amide bonds. The Labute approximate surface area is 98.3 Å². The van der Waals surface area contributed by atoms with Crippen molar-refractivity contribution in [2.45, 2.75) is 13.0 Å². The predicted molar refractivity (Wildman–Crippen MR) is 63.1 cm³/mol. The largest absolute Gasteiger partial charge is 0.333 e. The zero-order valence-electron chi connectivity index (χ0n) is 9.34. The fraction of sp³-hybridized carbons (Fsp3) is 0.300. The second kappa shape index (κ2) is 6.31. The smallest absolute Gasteiger partial charge is 0.319 e. The molecule has 0 heterocycles. The van der Waals surface area contributed by atoms with Crippen molar-refractivity contribution >= 4 is 11.7 Å². The highest BCUT2D eigenvalue weighted by Crippen LogP contribution is 2.04. The van der Waals surface area contributed by atoms with Crippen molar-refractivity contribution in [2.75, 3.05) is 11.9 Å². The topological polar surface area (TPSA) is 96.3 Å². The SMILES string of the molecule is CC(CN[N+](=O)[O-])NC(=O)Nc1ccccc1.